The molecule has 0 heterocycles. The van der Waals surface area contributed by atoms with Crippen LogP contribution in [0.15, 0.2) is 0 Å². The van der Waals surface area contributed by atoms with Gasteiger partial charge in [0.05, 0.1) is 0 Å². The molecule has 0 aromatic carbocycles. The first-order chi connectivity index (χ1) is 15.8. The van der Waals surface area contributed by atoms with Crippen molar-refractivity contribution in [2.45, 2.75) is 118 Å². The second-order valence-corrected chi connectivity index (χ2v) is 15.6. The molecule has 0 spiro atoms. The van der Waals surface area contributed by atoms with Gasteiger partial charge in [0.15, 0.2) is 14.2 Å². The van der Waals surface area contributed by atoms with Crippen LogP contribution in [-0.2, 0) is 0 Å². The van der Waals surface area contributed by atoms with E-state index in [2.05, 4.69) is 0 Å². The lowest BCUT2D eigenvalue weighted by atomic mass is 9.88. The van der Waals surface area contributed by atoms with Gasteiger partial charge in [-0.15, -0.1) is 0 Å². The molecular weight excluding hydrogens is 579 g/mol. The number of rotatable bonds is 12. The molecule has 224 valence electrons. The molecule has 0 saturated carbocycles. The van der Waals surface area contributed by atoms with E-state index in [0.717, 1.165) is 41.5 Å². The first kappa shape index (κ1) is 36.0. The Morgan fingerprint density at radius 1 is 0.378 bits per heavy atom. The van der Waals surface area contributed by atoms with E-state index in [1.165, 1.54) is 0 Å². The molecule has 0 aromatic heterocycles. The van der Waals surface area contributed by atoms with Crippen molar-refractivity contribution in [1.29, 1.82) is 0 Å². The summed E-state index contributed by atoms with van der Waals surface area (Å²) in [7, 11) is -5.41. The van der Waals surface area contributed by atoms with Crippen molar-refractivity contribution in [2.75, 3.05) is 0 Å². The monoisotopic (exact) mass is 604 g/mol. The van der Waals surface area contributed by atoms with Gasteiger partial charge < -0.3 is 0 Å². The van der Waals surface area contributed by atoms with Crippen molar-refractivity contribution in [2.24, 2.45) is 0 Å². The summed E-state index contributed by atoms with van der Waals surface area (Å²) in [5, 5.41) is 0. The molecule has 0 aromatic rings. The maximum absolute atomic E-state index is 15.3. The van der Waals surface area contributed by atoms with Crippen molar-refractivity contribution in [1.82, 2.24) is 0 Å². The Balaban J connectivity index is 7.37. The third-order valence-corrected chi connectivity index (χ3v) is 13.8. The van der Waals surface area contributed by atoms with Gasteiger partial charge in [0, 0.05) is 0 Å². The molecule has 0 bridgehead atoms. The third kappa shape index (κ3) is 4.23. The van der Waals surface area contributed by atoms with Crippen LogP contribution >= 0.6 is 0 Å². The maximum atomic E-state index is 15.3. The van der Waals surface area contributed by atoms with Gasteiger partial charge in [-0.05, 0) is 23.5 Å². The second-order valence-electron chi connectivity index (χ2n) is 9.66. The highest BCUT2D eigenvalue weighted by atomic mass is 28.3. The highest BCUT2D eigenvalue weighted by Gasteiger charge is 2.96. The van der Waals surface area contributed by atoms with E-state index in [0.29, 0.717) is 0 Å². The minimum atomic E-state index is -8.54. The fraction of sp³-hybridized carbons (Fsp3) is 1.00. The Labute approximate surface area is 202 Å². The summed E-state index contributed by atoms with van der Waals surface area (Å²) in [6.45, 7) is 4.28. The van der Waals surface area contributed by atoms with Crippen molar-refractivity contribution < 1.29 is 74.6 Å². The van der Waals surface area contributed by atoms with E-state index in [4.69, 9.17) is 0 Å². The minimum Gasteiger partial charge on any atom is -0.241 e. The van der Waals surface area contributed by atoms with Gasteiger partial charge in [-0.25, -0.2) is 13.2 Å². The molecule has 0 nitrogen and oxygen atoms in total. The molecule has 1 atom stereocenters. The van der Waals surface area contributed by atoms with Crippen molar-refractivity contribution in [3.63, 3.8) is 0 Å². The topological polar surface area (TPSA) is 0 Å². The molecule has 0 saturated heterocycles. The van der Waals surface area contributed by atoms with Crippen LogP contribution in [0.2, 0.25) is 16.6 Å². The number of halogens is 17. The Morgan fingerprint density at radius 2 is 0.595 bits per heavy atom. The molecule has 0 N–H and O–H groups in total. The standard InChI is InChI=1S/C19H25F17Si/c1-8(2)37(9(3)4,10(5)6)19(35,36)18(33,34)17(31,32)16(29,30)15(27,28)14(25,26)13(23,24)12(21,22)11(7)20/h8-11H,1-7H3. The first-order valence-electron chi connectivity index (χ1n) is 10.4. The summed E-state index contributed by atoms with van der Waals surface area (Å²) in [6.07, 6.45) is -4.47. The zero-order chi connectivity index (χ0) is 30.8. The fourth-order valence-electron chi connectivity index (χ4n) is 4.80. The van der Waals surface area contributed by atoms with Crippen LogP contribution in [0.1, 0.15) is 48.5 Å². The molecule has 37 heavy (non-hydrogen) atoms. The highest BCUT2D eigenvalue weighted by Crippen LogP contribution is 2.67. The van der Waals surface area contributed by atoms with Crippen LogP contribution in [0.25, 0.3) is 0 Å². The van der Waals surface area contributed by atoms with E-state index in [9.17, 15) is 65.9 Å². The van der Waals surface area contributed by atoms with Gasteiger partial charge in [0.1, 0.15) is 0 Å². The number of hydrogen-bond donors (Lipinski definition) is 0. The Kier molecular flexibility index (Phi) is 9.34. The predicted octanol–water partition coefficient (Wildman–Crippen LogP) is 9.64. The summed E-state index contributed by atoms with van der Waals surface area (Å²) >= 11 is 0. The van der Waals surface area contributed by atoms with Crippen molar-refractivity contribution in [3.05, 3.63) is 0 Å². The quantitative estimate of drug-likeness (QED) is 0.154. The number of alkyl halides is 17. The summed E-state index contributed by atoms with van der Waals surface area (Å²) in [4.78, 5) is 0. The normalized spacial score (nSPS) is 17.3. The summed E-state index contributed by atoms with van der Waals surface area (Å²) in [5.74, 6) is -56.0. The summed E-state index contributed by atoms with van der Waals surface area (Å²) in [5.41, 5.74) is -11.3. The Hall–Kier alpha value is -0.973. The lowest BCUT2D eigenvalue weighted by Gasteiger charge is -2.52. The van der Waals surface area contributed by atoms with Gasteiger partial charge in [0.2, 0.25) is 0 Å². The summed E-state index contributed by atoms with van der Waals surface area (Å²) < 4.78 is 239. The van der Waals surface area contributed by atoms with E-state index >= 15 is 8.78 Å². The smallest absolute Gasteiger partial charge is 0.241 e. The molecular formula is C19H25F17Si. The maximum Gasteiger partial charge on any atom is 0.385 e. The molecule has 0 aliphatic carbocycles. The SMILES string of the molecule is CC(F)C(F)(F)C(F)(F)C(F)(F)C(F)(F)C(F)(F)C(F)(F)C(F)(F)C(F)(F)[Si](C(C)C)(C(C)C)C(C)C. The molecule has 0 rings (SSSR count). The third-order valence-electron chi connectivity index (χ3n) is 6.69. The fourth-order valence-corrected chi connectivity index (χ4v) is 11.7. The molecule has 0 radical (unpaired) electrons. The highest BCUT2D eigenvalue weighted by molar-refractivity contribution is 6.85. The predicted molar refractivity (Wildman–Crippen MR) is 101 cm³/mol. The van der Waals surface area contributed by atoms with Gasteiger partial charge in [-0.1, -0.05) is 41.5 Å². The zero-order valence-corrected chi connectivity index (χ0v) is 21.2. The lowest BCUT2D eigenvalue weighted by molar-refractivity contribution is -0.451. The van der Waals surface area contributed by atoms with Crippen LogP contribution in [0.5, 0.6) is 0 Å². The van der Waals surface area contributed by atoms with Gasteiger partial charge >= 0.3 is 41.5 Å². The van der Waals surface area contributed by atoms with Crippen LogP contribution in [0.4, 0.5) is 74.6 Å². The molecule has 0 aliphatic rings. The van der Waals surface area contributed by atoms with Crippen molar-refractivity contribution >= 4 is 8.07 Å². The molecule has 18 heteroatoms. The second kappa shape index (κ2) is 9.59. The molecule has 0 fully saturated rings. The van der Waals surface area contributed by atoms with E-state index in [-0.39, 0.29) is 0 Å². The molecule has 0 amide bonds. The minimum absolute atomic E-state index is 0.614. The van der Waals surface area contributed by atoms with E-state index < -0.39 is 84.8 Å². The van der Waals surface area contributed by atoms with E-state index in [1.807, 2.05) is 0 Å². The zero-order valence-electron chi connectivity index (χ0n) is 20.2. The van der Waals surface area contributed by atoms with Gasteiger partial charge in [-0.2, -0.15) is 61.5 Å². The molecule has 0 aliphatic heterocycles. The van der Waals surface area contributed by atoms with Crippen molar-refractivity contribution in [3.8, 4) is 0 Å². The summed E-state index contributed by atoms with van der Waals surface area (Å²) in [6, 6.07) is 0. The Bertz CT molecular complexity index is 777. The Morgan fingerprint density at radius 3 is 0.811 bits per heavy atom. The lowest BCUT2D eigenvalue weighted by Crippen LogP contribution is -2.78. The van der Waals surface area contributed by atoms with Crippen LogP contribution in [-0.4, -0.2) is 61.2 Å². The number of hydrogen-bond acceptors (Lipinski definition) is 0. The van der Waals surface area contributed by atoms with Crippen LogP contribution in [0, 0.1) is 0 Å². The van der Waals surface area contributed by atoms with Gasteiger partial charge in [0.25, 0.3) is 5.55 Å². The molecule has 1 unspecified atom stereocenters. The van der Waals surface area contributed by atoms with Gasteiger partial charge in [-0.3, -0.25) is 0 Å². The average molecular weight is 604 g/mol. The van der Waals surface area contributed by atoms with Crippen LogP contribution in [0.3, 0.4) is 0 Å². The first-order valence-corrected chi connectivity index (χ1v) is 12.7. The van der Waals surface area contributed by atoms with E-state index in [1.54, 1.807) is 0 Å². The average Bonchev–Trinajstić information content (AvgIpc) is 2.65. The largest absolute Gasteiger partial charge is 0.385 e. The van der Waals surface area contributed by atoms with Crippen LogP contribution < -0.4 is 0 Å².